The van der Waals surface area contributed by atoms with Crippen molar-refractivity contribution in [3.05, 3.63) is 51.1 Å². The highest BCUT2D eigenvalue weighted by atomic mass is 79.9. The van der Waals surface area contributed by atoms with Gasteiger partial charge in [0.05, 0.1) is 11.9 Å². The van der Waals surface area contributed by atoms with Crippen LogP contribution in [0.25, 0.3) is 0 Å². The minimum atomic E-state index is -0.356. The van der Waals surface area contributed by atoms with E-state index in [1.54, 1.807) is 13.2 Å². The number of amides is 2. The van der Waals surface area contributed by atoms with Gasteiger partial charge in [0, 0.05) is 31.9 Å². The maximum Gasteiger partial charge on any atom is 0.319 e. The topological polar surface area (TPSA) is 79.3 Å². The Balaban J connectivity index is 1.59. The number of urea groups is 1. The molecular formula is C16H17BrFN5O2. The molecule has 1 aromatic carbocycles. The number of carbonyl (C=O) groups is 1. The smallest absolute Gasteiger partial charge is 0.319 e. The van der Waals surface area contributed by atoms with E-state index in [0.717, 1.165) is 6.42 Å². The number of aryl methyl sites for hydroxylation is 1. The zero-order valence-electron chi connectivity index (χ0n) is 13.5. The van der Waals surface area contributed by atoms with Crippen LogP contribution in [0.3, 0.4) is 0 Å². The van der Waals surface area contributed by atoms with E-state index in [9.17, 15) is 14.0 Å². The molecule has 0 radical (unpaired) electrons. The number of benzene rings is 1. The lowest BCUT2D eigenvalue weighted by Gasteiger charge is -2.20. The maximum atomic E-state index is 12.9. The van der Waals surface area contributed by atoms with E-state index in [2.05, 4.69) is 31.7 Å². The lowest BCUT2D eigenvalue weighted by molar-refractivity contribution is 0.249. The predicted octanol–water partition coefficient (Wildman–Crippen LogP) is 2.08. The van der Waals surface area contributed by atoms with Crippen molar-refractivity contribution in [2.75, 3.05) is 23.3 Å². The van der Waals surface area contributed by atoms with Crippen LogP contribution in [-0.4, -0.2) is 34.9 Å². The molecule has 2 amide bonds. The van der Waals surface area contributed by atoms with Crippen LogP contribution in [0.15, 0.2) is 39.7 Å². The summed E-state index contributed by atoms with van der Waals surface area (Å²) in [5.41, 5.74) is 1.03. The van der Waals surface area contributed by atoms with Gasteiger partial charge in [0.15, 0.2) is 0 Å². The van der Waals surface area contributed by atoms with E-state index in [1.165, 1.54) is 28.9 Å². The molecule has 1 unspecified atom stereocenters. The van der Waals surface area contributed by atoms with Crippen LogP contribution in [-0.2, 0) is 7.05 Å². The lowest BCUT2D eigenvalue weighted by Crippen LogP contribution is -2.40. The number of nitrogens with one attached hydrogen (secondary N) is 2. The van der Waals surface area contributed by atoms with Gasteiger partial charge in [-0.25, -0.2) is 13.9 Å². The van der Waals surface area contributed by atoms with Gasteiger partial charge in [0.2, 0.25) is 0 Å². The fourth-order valence-electron chi connectivity index (χ4n) is 2.71. The van der Waals surface area contributed by atoms with Crippen molar-refractivity contribution in [2.45, 2.75) is 12.5 Å². The molecule has 7 nitrogen and oxygen atoms in total. The molecule has 2 aromatic rings. The zero-order valence-corrected chi connectivity index (χ0v) is 15.1. The van der Waals surface area contributed by atoms with Gasteiger partial charge in [-0.15, -0.1) is 0 Å². The normalized spacial score (nSPS) is 16.8. The summed E-state index contributed by atoms with van der Waals surface area (Å²) in [5, 5.41) is 9.59. The van der Waals surface area contributed by atoms with Gasteiger partial charge in [0.25, 0.3) is 5.56 Å². The zero-order chi connectivity index (χ0) is 18.0. The van der Waals surface area contributed by atoms with Crippen LogP contribution >= 0.6 is 15.9 Å². The monoisotopic (exact) mass is 409 g/mol. The molecule has 1 saturated heterocycles. The average Bonchev–Trinajstić information content (AvgIpc) is 3.03. The second-order valence-electron chi connectivity index (χ2n) is 5.81. The van der Waals surface area contributed by atoms with E-state index in [-0.39, 0.29) is 23.4 Å². The highest BCUT2D eigenvalue weighted by Gasteiger charge is 2.26. The van der Waals surface area contributed by atoms with Gasteiger partial charge in [-0.05, 0) is 46.6 Å². The molecule has 0 saturated carbocycles. The average molecular weight is 410 g/mol. The Kier molecular flexibility index (Phi) is 5.03. The molecule has 1 aromatic heterocycles. The molecule has 1 aliphatic rings. The third-order valence-electron chi connectivity index (χ3n) is 4.03. The Morgan fingerprint density at radius 2 is 2.08 bits per heavy atom. The molecular weight excluding hydrogens is 393 g/mol. The Labute approximate surface area is 152 Å². The molecule has 2 N–H and O–H groups in total. The molecule has 25 heavy (non-hydrogen) atoms. The molecule has 1 atom stereocenters. The Bertz CT molecular complexity index is 839. The van der Waals surface area contributed by atoms with Crippen molar-refractivity contribution in [2.24, 2.45) is 7.05 Å². The van der Waals surface area contributed by atoms with Crippen molar-refractivity contribution >= 4 is 33.3 Å². The second-order valence-corrected chi connectivity index (χ2v) is 6.60. The highest BCUT2D eigenvalue weighted by Crippen LogP contribution is 2.25. The van der Waals surface area contributed by atoms with Crippen molar-refractivity contribution in [1.82, 2.24) is 15.1 Å². The molecule has 1 aliphatic heterocycles. The molecule has 0 spiro atoms. The quantitative estimate of drug-likeness (QED) is 0.813. The first-order chi connectivity index (χ1) is 11.9. The van der Waals surface area contributed by atoms with E-state index >= 15 is 0 Å². The van der Waals surface area contributed by atoms with Crippen molar-refractivity contribution in [1.29, 1.82) is 0 Å². The van der Waals surface area contributed by atoms with Gasteiger partial charge in [-0.1, -0.05) is 0 Å². The number of hydrogen-bond donors (Lipinski definition) is 2. The van der Waals surface area contributed by atoms with Gasteiger partial charge in [-0.3, -0.25) is 4.79 Å². The number of nitrogens with zero attached hydrogens (tertiary/aromatic N) is 3. The summed E-state index contributed by atoms with van der Waals surface area (Å²) in [5.74, 6) is -0.356. The molecule has 132 valence electrons. The van der Waals surface area contributed by atoms with Crippen molar-refractivity contribution in [3.8, 4) is 0 Å². The number of halogens is 2. The predicted molar refractivity (Wildman–Crippen MR) is 96.4 cm³/mol. The van der Waals surface area contributed by atoms with Crippen LogP contribution in [0, 0.1) is 5.82 Å². The molecule has 2 heterocycles. The highest BCUT2D eigenvalue weighted by molar-refractivity contribution is 9.10. The summed E-state index contributed by atoms with van der Waals surface area (Å²) in [6.07, 6.45) is 2.38. The van der Waals surface area contributed by atoms with Crippen LogP contribution < -0.4 is 21.1 Å². The summed E-state index contributed by atoms with van der Waals surface area (Å²) in [6, 6.07) is 5.16. The maximum absolute atomic E-state index is 12.9. The van der Waals surface area contributed by atoms with Crippen molar-refractivity contribution in [3.63, 3.8) is 0 Å². The van der Waals surface area contributed by atoms with Gasteiger partial charge < -0.3 is 15.5 Å². The second kappa shape index (κ2) is 7.22. The Morgan fingerprint density at radius 1 is 1.36 bits per heavy atom. The SMILES string of the molecule is Cn1ncc(N2CCC(NC(=O)Nc3ccc(F)cc3)C2)c(Br)c1=O. The van der Waals surface area contributed by atoms with Crippen LogP contribution in [0.1, 0.15) is 6.42 Å². The third-order valence-corrected chi connectivity index (χ3v) is 4.77. The van der Waals surface area contributed by atoms with Gasteiger partial charge in [0.1, 0.15) is 10.3 Å². The molecule has 1 fully saturated rings. The third kappa shape index (κ3) is 3.98. The number of carbonyl (C=O) groups excluding carboxylic acids is 1. The Hall–Kier alpha value is -2.42. The van der Waals surface area contributed by atoms with Gasteiger partial charge in [-0.2, -0.15) is 5.10 Å². The molecule has 3 rings (SSSR count). The largest absolute Gasteiger partial charge is 0.367 e. The van der Waals surface area contributed by atoms with Crippen LogP contribution in [0.2, 0.25) is 0 Å². The van der Waals surface area contributed by atoms with Gasteiger partial charge >= 0.3 is 6.03 Å². The summed E-state index contributed by atoms with van der Waals surface area (Å²) >= 11 is 3.32. The minimum absolute atomic E-state index is 0.0589. The van der Waals surface area contributed by atoms with E-state index in [4.69, 9.17) is 0 Å². The Morgan fingerprint density at radius 3 is 2.80 bits per heavy atom. The standard InChI is InChI=1S/C16H17BrFN5O2/c1-22-15(24)14(17)13(8-19-22)23-7-6-12(9-23)21-16(25)20-11-4-2-10(18)3-5-11/h2-5,8,12H,6-7,9H2,1H3,(H2,20,21,25). The molecule has 9 heteroatoms. The summed E-state index contributed by atoms with van der Waals surface area (Å²) in [4.78, 5) is 26.0. The summed E-state index contributed by atoms with van der Waals surface area (Å²) in [6.45, 7) is 1.28. The summed E-state index contributed by atoms with van der Waals surface area (Å²) < 4.78 is 14.6. The number of rotatable bonds is 3. The fraction of sp³-hybridized carbons (Fsp3) is 0.312. The first kappa shape index (κ1) is 17.4. The lowest BCUT2D eigenvalue weighted by atomic mass is 10.2. The van der Waals surface area contributed by atoms with Crippen molar-refractivity contribution < 1.29 is 9.18 Å². The minimum Gasteiger partial charge on any atom is -0.367 e. The fourth-order valence-corrected chi connectivity index (χ4v) is 3.31. The summed E-state index contributed by atoms with van der Waals surface area (Å²) in [7, 11) is 1.59. The number of hydrogen-bond acceptors (Lipinski definition) is 4. The van der Waals surface area contributed by atoms with E-state index in [1.807, 2.05) is 4.90 Å². The first-order valence-electron chi connectivity index (χ1n) is 7.74. The van der Waals surface area contributed by atoms with E-state index < -0.39 is 0 Å². The van der Waals surface area contributed by atoms with E-state index in [0.29, 0.717) is 28.9 Å². The van der Waals surface area contributed by atoms with Crippen LogP contribution in [0.5, 0.6) is 0 Å². The number of anilines is 2. The number of aromatic nitrogens is 2. The molecule has 0 aliphatic carbocycles. The van der Waals surface area contributed by atoms with Crippen LogP contribution in [0.4, 0.5) is 20.6 Å². The first-order valence-corrected chi connectivity index (χ1v) is 8.53. The molecule has 0 bridgehead atoms.